The van der Waals surface area contributed by atoms with E-state index in [2.05, 4.69) is 9.97 Å². The number of hydrogen-bond acceptors (Lipinski definition) is 5. The van der Waals surface area contributed by atoms with Crippen molar-refractivity contribution in [3.63, 3.8) is 0 Å². The Morgan fingerprint density at radius 3 is 2.70 bits per heavy atom. The second-order valence-corrected chi connectivity index (χ2v) is 7.75. The van der Waals surface area contributed by atoms with Crippen LogP contribution in [-0.2, 0) is 4.84 Å². The third kappa shape index (κ3) is 4.06. The van der Waals surface area contributed by atoms with E-state index in [-0.39, 0.29) is 11.3 Å². The second kappa shape index (κ2) is 8.59. The molecule has 0 saturated heterocycles. The van der Waals surface area contributed by atoms with Crippen molar-refractivity contribution in [1.29, 1.82) is 0 Å². The molecule has 3 heterocycles. The summed E-state index contributed by atoms with van der Waals surface area (Å²) in [7, 11) is 0. The van der Waals surface area contributed by atoms with Crippen LogP contribution < -0.4 is 10.6 Å². The molecule has 2 aromatic carbocycles. The first-order valence-corrected chi connectivity index (χ1v) is 10.6. The SMILES string of the molecule is CC1=CCN(c2ccc3[nH]c(=O)c(C(=O)C=Cc4ccccc4)c(-c4cccnc4)c3c2)O1. The summed E-state index contributed by atoms with van der Waals surface area (Å²) < 4.78 is 0. The summed E-state index contributed by atoms with van der Waals surface area (Å²) in [4.78, 5) is 39.2. The monoisotopic (exact) mass is 435 g/mol. The van der Waals surface area contributed by atoms with Gasteiger partial charge in [0.25, 0.3) is 5.56 Å². The number of carbonyl (C=O) groups excluding carboxylic acids is 1. The number of nitrogens with zero attached hydrogens (tertiary/aromatic N) is 2. The van der Waals surface area contributed by atoms with Crippen LogP contribution in [0.2, 0.25) is 0 Å². The number of rotatable bonds is 5. The maximum Gasteiger partial charge on any atom is 0.260 e. The summed E-state index contributed by atoms with van der Waals surface area (Å²) in [5, 5.41) is 2.51. The lowest BCUT2D eigenvalue weighted by atomic mass is 9.94. The van der Waals surface area contributed by atoms with Crippen molar-refractivity contribution in [3.8, 4) is 11.1 Å². The van der Waals surface area contributed by atoms with Crippen LogP contribution in [0.1, 0.15) is 22.8 Å². The average molecular weight is 435 g/mol. The molecule has 0 fully saturated rings. The highest BCUT2D eigenvalue weighted by Crippen LogP contribution is 2.33. The van der Waals surface area contributed by atoms with E-state index in [9.17, 15) is 9.59 Å². The zero-order valence-corrected chi connectivity index (χ0v) is 18.0. The normalized spacial score (nSPS) is 13.4. The number of nitrogens with one attached hydrogen (secondary N) is 1. The smallest absolute Gasteiger partial charge is 0.260 e. The van der Waals surface area contributed by atoms with Gasteiger partial charge in [-0.1, -0.05) is 42.5 Å². The summed E-state index contributed by atoms with van der Waals surface area (Å²) in [6, 6.07) is 18.8. The number of carbonyl (C=O) groups is 1. The van der Waals surface area contributed by atoms with Crippen LogP contribution in [0.4, 0.5) is 5.69 Å². The summed E-state index contributed by atoms with van der Waals surface area (Å²) in [6.45, 7) is 2.52. The van der Waals surface area contributed by atoms with Crippen molar-refractivity contribution in [2.24, 2.45) is 0 Å². The van der Waals surface area contributed by atoms with E-state index < -0.39 is 5.56 Å². The number of fused-ring (bicyclic) bond motifs is 1. The highest BCUT2D eigenvalue weighted by Gasteiger charge is 2.21. The van der Waals surface area contributed by atoms with Gasteiger partial charge in [0, 0.05) is 34.4 Å². The Morgan fingerprint density at radius 2 is 1.97 bits per heavy atom. The lowest BCUT2D eigenvalue weighted by Crippen LogP contribution is -2.20. The number of allylic oxidation sites excluding steroid dienone is 2. The number of ketones is 1. The summed E-state index contributed by atoms with van der Waals surface area (Å²) in [6.07, 6.45) is 8.46. The van der Waals surface area contributed by atoms with Crippen LogP contribution in [-0.4, -0.2) is 22.3 Å². The number of aromatic nitrogens is 2. The maximum atomic E-state index is 13.3. The number of pyridine rings is 2. The quantitative estimate of drug-likeness (QED) is 0.347. The standard InChI is InChI=1S/C27H21N3O3/c1-18-13-15-30(33-18)21-10-11-23-22(16-21)25(20-8-5-14-28-17-20)26(27(32)29-23)24(31)12-9-19-6-3-2-4-7-19/h2-14,16-17H,15H2,1H3,(H,29,32). The molecule has 2 aromatic heterocycles. The molecule has 162 valence electrons. The molecular formula is C27H21N3O3. The van der Waals surface area contributed by atoms with Gasteiger partial charge in [-0.2, -0.15) is 0 Å². The van der Waals surface area contributed by atoms with Crippen molar-refractivity contribution in [1.82, 2.24) is 9.97 Å². The molecule has 0 bridgehead atoms. The van der Waals surface area contributed by atoms with E-state index in [1.807, 2.05) is 67.6 Å². The van der Waals surface area contributed by atoms with Crippen LogP contribution in [0.3, 0.4) is 0 Å². The van der Waals surface area contributed by atoms with Gasteiger partial charge in [0.05, 0.1) is 17.8 Å². The Bertz CT molecular complexity index is 1450. The molecule has 0 spiro atoms. The molecule has 0 amide bonds. The fraction of sp³-hybridized carbons (Fsp3) is 0.0741. The van der Waals surface area contributed by atoms with Crippen molar-refractivity contribution in [3.05, 3.63) is 112 Å². The topological polar surface area (TPSA) is 75.3 Å². The number of benzene rings is 2. The Hall–Kier alpha value is -4.45. The van der Waals surface area contributed by atoms with E-state index in [0.29, 0.717) is 23.2 Å². The highest BCUT2D eigenvalue weighted by atomic mass is 16.7. The minimum Gasteiger partial charge on any atom is -0.384 e. The molecule has 6 nitrogen and oxygen atoms in total. The lowest BCUT2D eigenvalue weighted by Gasteiger charge is -2.19. The van der Waals surface area contributed by atoms with Gasteiger partial charge in [-0.3, -0.25) is 14.6 Å². The molecule has 1 aliphatic rings. The molecular weight excluding hydrogens is 414 g/mol. The first kappa shape index (κ1) is 20.5. The Balaban J connectivity index is 1.69. The molecule has 1 N–H and O–H groups in total. The summed E-state index contributed by atoms with van der Waals surface area (Å²) >= 11 is 0. The molecule has 0 unspecified atom stereocenters. The average Bonchev–Trinajstić information content (AvgIpc) is 3.29. The predicted molar refractivity (Wildman–Crippen MR) is 130 cm³/mol. The minimum absolute atomic E-state index is 0.0801. The number of H-pyrrole nitrogens is 1. The van der Waals surface area contributed by atoms with Gasteiger partial charge in [-0.25, -0.2) is 5.06 Å². The van der Waals surface area contributed by atoms with Gasteiger partial charge in [0.2, 0.25) is 0 Å². The van der Waals surface area contributed by atoms with Crippen molar-refractivity contribution >= 4 is 28.4 Å². The van der Waals surface area contributed by atoms with E-state index >= 15 is 0 Å². The predicted octanol–water partition coefficient (Wildman–Crippen LogP) is 5.14. The fourth-order valence-corrected chi connectivity index (χ4v) is 3.92. The van der Waals surface area contributed by atoms with E-state index in [1.54, 1.807) is 29.6 Å². The molecule has 1 aliphatic heterocycles. The molecule has 0 atom stereocenters. The van der Waals surface area contributed by atoms with Crippen molar-refractivity contribution in [2.75, 3.05) is 11.6 Å². The third-order valence-electron chi connectivity index (χ3n) is 5.51. The molecule has 5 rings (SSSR count). The van der Waals surface area contributed by atoms with Crippen LogP contribution in [0.15, 0.2) is 95.8 Å². The van der Waals surface area contributed by atoms with E-state index in [1.165, 1.54) is 6.08 Å². The minimum atomic E-state index is -0.438. The van der Waals surface area contributed by atoms with Gasteiger partial charge in [0.1, 0.15) is 5.76 Å². The fourth-order valence-electron chi connectivity index (χ4n) is 3.92. The van der Waals surface area contributed by atoms with Crippen LogP contribution >= 0.6 is 0 Å². The zero-order valence-electron chi connectivity index (χ0n) is 18.0. The lowest BCUT2D eigenvalue weighted by molar-refractivity contribution is 0.104. The van der Waals surface area contributed by atoms with Gasteiger partial charge < -0.3 is 9.82 Å². The van der Waals surface area contributed by atoms with Gasteiger partial charge >= 0.3 is 0 Å². The number of hydroxylamine groups is 1. The molecule has 0 saturated carbocycles. The second-order valence-electron chi connectivity index (χ2n) is 7.75. The third-order valence-corrected chi connectivity index (χ3v) is 5.51. The van der Waals surface area contributed by atoms with Gasteiger partial charge in [0.15, 0.2) is 5.78 Å². The Labute approximate surface area is 190 Å². The summed E-state index contributed by atoms with van der Waals surface area (Å²) in [5.41, 5.74) is 3.22. The van der Waals surface area contributed by atoms with Crippen LogP contribution in [0.5, 0.6) is 0 Å². The molecule has 6 heteroatoms. The molecule has 33 heavy (non-hydrogen) atoms. The van der Waals surface area contributed by atoms with Gasteiger partial charge in [-0.05, 0) is 48.9 Å². The Morgan fingerprint density at radius 1 is 1.12 bits per heavy atom. The largest absolute Gasteiger partial charge is 0.384 e. The van der Waals surface area contributed by atoms with Crippen LogP contribution in [0.25, 0.3) is 28.1 Å². The first-order valence-electron chi connectivity index (χ1n) is 10.6. The number of anilines is 1. The maximum absolute atomic E-state index is 13.3. The van der Waals surface area contributed by atoms with E-state index in [0.717, 1.165) is 22.4 Å². The molecule has 0 radical (unpaired) electrons. The molecule has 0 aliphatic carbocycles. The van der Waals surface area contributed by atoms with Crippen LogP contribution in [0, 0.1) is 0 Å². The number of hydrogen-bond donors (Lipinski definition) is 1. The van der Waals surface area contributed by atoms with Crippen molar-refractivity contribution < 1.29 is 9.63 Å². The van der Waals surface area contributed by atoms with Gasteiger partial charge in [-0.15, -0.1) is 0 Å². The van der Waals surface area contributed by atoms with E-state index in [4.69, 9.17) is 4.84 Å². The first-order chi connectivity index (χ1) is 16.1. The molecule has 4 aromatic rings. The van der Waals surface area contributed by atoms with Crippen molar-refractivity contribution in [2.45, 2.75) is 6.92 Å². The zero-order chi connectivity index (χ0) is 22.8. The Kier molecular flexibility index (Phi) is 5.32. The highest BCUT2D eigenvalue weighted by molar-refractivity contribution is 6.15. The summed E-state index contributed by atoms with van der Waals surface area (Å²) in [5.74, 6) is 0.451. The number of aromatic amines is 1.